The van der Waals surface area contributed by atoms with E-state index in [0.29, 0.717) is 0 Å². The lowest BCUT2D eigenvalue weighted by Crippen LogP contribution is -2.68. The van der Waals surface area contributed by atoms with Crippen molar-refractivity contribution in [1.82, 2.24) is 10.2 Å². The quantitative estimate of drug-likeness (QED) is 0.731. The minimum atomic E-state index is 0.284. The molecule has 1 fully saturated rings. The normalized spacial score (nSPS) is 26.8. The molecule has 1 saturated heterocycles. The van der Waals surface area contributed by atoms with E-state index in [9.17, 15) is 0 Å². The molecular weight excluding hydrogens is 172 g/mol. The van der Waals surface area contributed by atoms with E-state index in [-0.39, 0.29) is 11.1 Å². The van der Waals surface area contributed by atoms with Crippen LogP contribution in [0.3, 0.4) is 0 Å². The van der Waals surface area contributed by atoms with Crippen LogP contribution < -0.4 is 5.32 Å². The van der Waals surface area contributed by atoms with Crippen molar-refractivity contribution >= 4 is 0 Å². The van der Waals surface area contributed by atoms with E-state index in [2.05, 4.69) is 51.8 Å². The average Bonchev–Trinajstić information content (AvgIpc) is 1.96. The van der Waals surface area contributed by atoms with Gasteiger partial charge in [-0.2, -0.15) is 0 Å². The first kappa shape index (κ1) is 12.0. The number of rotatable bonds is 2. The van der Waals surface area contributed by atoms with Gasteiger partial charge in [-0.05, 0) is 33.6 Å². The number of piperazine rings is 1. The van der Waals surface area contributed by atoms with Gasteiger partial charge in [-0.15, -0.1) is 0 Å². The second-order valence-electron chi connectivity index (χ2n) is 6.23. The Morgan fingerprint density at radius 1 is 1.07 bits per heavy atom. The number of nitrogens with one attached hydrogen (secondary N) is 1. The summed E-state index contributed by atoms with van der Waals surface area (Å²) in [6.45, 7) is 17.3. The number of hydrogen-bond acceptors (Lipinski definition) is 2. The van der Waals surface area contributed by atoms with Crippen LogP contribution in [0.4, 0.5) is 0 Å². The lowest BCUT2D eigenvalue weighted by atomic mass is 9.88. The van der Waals surface area contributed by atoms with Crippen LogP contribution >= 0.6 is 0 Å². The van der Waals surface area contributed by atoms with Crippen LogP contribution in [-0.4, -0.2) is 35.6 Å². The molecule has 0 aromatic rings. The SMILES string of the molecule is CC(C)CN1C(C)(C)CNCC1(C)C. The lowest BCUT2D eigenvalue weighted by molar-refractivity contribution is -0.0215. The number of hydrogen-bond donors (Lipinski definition) is 1. The molecular formula is C12H26N2. The maximum atomic E-state index is 3.53. The lowest BCUT2D eigenvalue weighted by Gasteiger charge is -2.53. The smallest absolute Gasteiger partial charge is 0.0283 e. The molecule has 0 saturated carbocycles. The minimum Gasteiger partial charge on any atom is -0.313 e. The van der Waals surface area contributed by atoms with E-state index in [1.807, 2.05) is 0 Å². The van der Waals surface area contributed by atoms with Gasteiger partial charge in [0.1, 0.15) is 0 Å². The van der Waals surface area contributed by atoms with E-state index in [4.69, 9.17) is 0 Å². The molecule has 1 aliphatic rings. The van der Waals surface area contributed by atoms with Gasteiger partial charge in [0.05, 0.1) is 0 Å². The highest BCUT2D eigenvalue weighted by atomic mass is 15.3. The fourth-order valence-electron chi connectivity index (χ4n) is 2.54. The van der Waals surface area contributed by atoms with Gasteiger partial charge in [0.15, 0.2) is 0 Å². The highest BCUT2D eigenvalue weighted by molar-refractivity contribution is 4.99. The summed E-state index contributed by atoms with van der Waals surface area (Å²) in [5.41, 5.74) is 0.567. The Morgan fingerprint density at radius 2 is 1.50 bits per heavy atom. The molecule has 0 spiro atoms. The molecule has 1 rings (SSSR count). The highest BCUT2D eigenvalue weighted by Gasteiger charge is 2.40. The van der Waals surface area contributed by atoms with E-state index >= 15 is 0 Å². The van der Waals surface area contributed by atoms with Gasteiger partial charge < -0.3 is 5.32 Å². The molecule has 1 heterocycles. The van der Waals surface area contributed by atoms with Crippen molar-refractivity contribution in [1.29, 1.82) is 0 Å². The molecule has 0 radical (unpaired) electrons. The Hall–Kier alpha value is -0.0800. The molecule has 2 nitrogen and oxygen atoms in total. The Morgan fingerprint density at radius 3 is 1.86 bits per heavy atom. The summed E-state index contributed by atoms with van der Waals surface area (Å²) in [5.74, 6) is 0.742. The first-order valence-corrected chi connectivity index (χ1v) is 5.74. The molecule has 1 N–H and O–H groups in total. The van der Waals surface area contributed by atoms with Crippen LogP contribution in [0.1, 0.15) is 41.5 Å². The maximum absolute atomic E-state index is 3.53. The summed E-state index contributed by atoms with van der Waals surface area (Å²) in [7, 11) is 0. The molecule has 0 bridgehead atoms. The second kappa shape index (κ2) is 3.82. The molecule has 0 amide bonds. The molecule has 84 valence electrons. The van der Waals surface area contributed by atoms with Crippen LogP contribution in [0.15, 0.2) is 0 Å². The summed E-state index contributed by atoms with van der Waals surface area (Å²) in [6, 6.07) is 0. The van der Waals surface area contributed by atoms with Gasteiger partial charge in [-0.3, -0.25) is 4.90 Å². The Balaban J connectivity index is 2.80. The van der Waals surface area contributed by atoms with Gasteiger partial charge in [0.2, 0.25) is 0 Å². The maximum Gasteiger partial charge on any atom is 0.0283 e. The fourth-order valence-corrected chi connectivity index (χ4v) is 2.54. The number of nitrogens with zero attached hydrogens (tertiary/aromatic N) is 1. The zero-order chi connectivity index (χ0) is 11.0. The van der Waals surface area contributed by atoms with E-state index in [0.717, 1.165) is 19.0 Å². The summed E-state index contributed by atoms with van der Waals surface area (Å²) < 4.78 is 0. The third-order valence-electron chi connectivity index (χ3n) is 3.12. The van der Waals surface area contributed by atoms with Crippen LogP contribution in [0.2, 0.25) is 0 Å². The van der Waals surface area contributed by atoms with E-state index in [1.165, 1.54) is 6.54 Å². The molecule has 0 atom stereocenters. The van der Waals surface area contributed by atoms with Crippen molar-refractivity contribution in [2.24, 2.45) is 5.92 Å². The first-order valence-electron chi connectivity index (χ1n) is 5.74. The van der Waals surface area contributed by atoms with Crippen molar-refractivity contribution in [3.63, 3.8) is 0 Å². The Bertz CT molecular complexity index is 178. The Kier molecular flexibility index (Phi) is 3.27. The van der Waals surface area contributed by atoms with Crippen LogP contribution in [-0.2, 0) is 0 Å². The third-order valence-corrected chi connectivity index (χ3v) is 3.12. The van der Waals surface area contributed by atoms with Crippen molar-refractivity contribution in [2.75, 3.05) is 19.6 Å². The van der Waals surface area contributed by atoms with Crippen molar-refractivity contribution < 1.29 is 0 Å². The van der Waals surface area contributed by atoms with Crippen molar-refractivity contribution in [3.05, 3.63) is 0 Å². The zero-order valence-corrected chi connectivity index (χ0v) is 10.6. The van der Waals surface area contributed by atoms with Crippen LogP contribution in [0.25, 0.3) is 0 Å². The summed E-state index contributed by atoms with van der Waals surface area (Å²) in [5, 5.41) is 3.53. The molecule has 0 aromatic heterocycles. The molecule has 0 aliphatic carbocycles. The molecule has 0 unspecified atom stereocenters. The first-order chi connectivity index (χ1) is 6.26. The van der Waals surface area contributed by atoms with Gasteiger partial charge in [-0.25, -0.2) is 0 Å². The predicted octanol–water partition coefficient (Wildman–Crippen LogP) is 2.10. The van der Waals surface area contributed by atoms with Crippen molar-refractivity contribution in [3.8, 4) is 0 Å². The summed E-state index contributed by atoms with van der Waals surface area (Å²) in [4.78, 5) is 2.65. The topological polar surface area (TPSA) is 15.3 Å². The third kappa shape index (κ3) is 2.48. The zero-order valence-electron chi connectivity index (χ0n) is 10.6. The van der Waals surface area contributed by atoms with Gasteiger partial charge >= 0.3 is 0 Å². The van der Waals surface area contributed by atoms with Crippen LogP contribution in [0, 0.1) is 5.92 Å². The monoisotopic (exact) mass is 198 g/mol. The molecule has 2 heteroatoms. The van der Waals surface area contributed by atoms with E-state index < -0.39 is 0 Å². The Labute approximate surface area is 89.1 Å². The van der Waals surface area contributed by atoms with Gasteiger partial charge in [0, 0.05) is 30.7 Å². The van der Waals surface area contributed by atoms with Crippen LogP contribution in [0.5, 0.6) is 0 Å². The standard InChI is InChI=1S/C12H26N2/c1-10(2)7-14-11(3,4)8-13-9-12(14,5)6/h10,13H,7-9H2,1-6H3. The van der Waals surface area contributed by atoms with E-state index in [1.54, 1.807) is 0 Å². The van der Waals surface area contributed by atoms with Gasteiger partial charge in [0.25, 0.3) is 0 Å². The largest absolute Gasteiger partial charge is 0.313 e. The van der Waals surface area contributed by atoms with Gasteiger partial charge in [-0.1, -0.05) is 13.8 Å². The second-order valence-corrected chi connectivity index (χ2v) is 6.23. The molecule has 1 aliphatic heterocycles. The fraction of sp³-hybridized carbons (Fsp3) is 1.00. The minimum absolute atomic E-state index is 0.284. The highest BCUT2D eigenvalue weighted by Crippen LogP contribution is 2.28. The molecule has 0 aromatic carbocycles. The summed E-state index contributed by atoms with van der Waals surface area (Å²) >= 11 is 0. The molecule has 14 heavy (non-hydrogen) atoms. The predicted molar refractivity (Wildman–Crippen MR) is 62.6 cm³/mol. The van der Waals surface area contributed by atoms with Crippen molar-refractivity contribution in [2.45, 2.75) is 52.6 Å². The average molecular weight is 198 g/mol. The summed E-state index contributed by atoms with van der Waals surface area (Å²) in [6.07, 6.45) is 0.